The summed E-state index contributed by atoms with van der Waals surface area (Å²) in [6, 6.07) is 15.9. The Balaban J connectivity index is 1.43. The second-order valence-corrected chi connectivity index (χ2v) is 8.99. The summed E-state index contributed by atoms with van der Waals surface area (Å²) in [6.45, 7) is 2.71. The zero-order chi connectivity index (χ0) is 24.2. The van der Waals surface area contributed by atoms with E-state index in [2.05, 4.69) is 4.99 Å². The summed E-state index contributed by atoms with van der Waals surface area (Å²) in [5.74, 6) is 0.829. The number of morpholine rings is 1. The van der Waals surface area contributed by atoms with Crippen LogP contribution in [0.4, 0.5) is 15.8 Å². The molecule has 0 radical (unpaired) electrons. The summed E-state index contributed by atoms with van der Waals surface area (Å²) in [5, 5.41) is 0.522. The van der Waals surface area contributed by atoms with Crippen molar-refractivity contribution in [2.45, 2.75) is 6.54 Å². The third-order valence-corrected chi connectivity index (χ3v) is 6.71. The largest absolute Gasteiger partial charge is 0.497 e. The quantitative estimate of drug-likeness (QED) is 0.447. The van der Waals surface area contributed by atoms with E-state index in [-0.39, 0.29) is 18.3 Å². The van der Waals surface area contributed by atoms with E-state index in [9.17, 15) is 9.18 Å². The highest BCUT2D eigenvalue weighted by atomic mass is 32.2. The molecule has 0 N–H and O–H groups in total. The van der Waals surface area contributed by atoms with Crippen molar-refractivity contribution in [3.8, 4) is 5.75 Å². The van der Waals surface area contributed by atoms with Crippen molar-refractivity contribution in [1.82, 2.24) is 4.90 Å². The number of furan rings is 1. The van der Waals surface area contributed by atoms with Crippen molar-refractivity contribution < 1.29 is 23.1 Å². The molecule has 2 fully saturated rings. The van der Waals surface area contributed by atoms with Crippen molar-refractivity contribution in [2.75, 3.05) is 38.3 Å². The minimum Gasteiger partial charge on any atom is -0.497 e. The normalized spacial score (nSPS) is 18.6. The van der Waals surface area contributed by atoms with Crippen LogP contribution in [0, 0.1) is 5.82 Å². The molecule has 1 aromatic heterocycles. The lowest BCUT2D eigenvalue weighted by atomic mass is 10.1. The molecule has 0 spiro atoms. The van der Waals surface area contributed by atoms with Crippen LogP contribution in [0.25, 0.3) is 6.08 Å². The number of hydrogen-bond donors (Lipinski definition) is 0. The molecule has 0 atom stereocenters. The number of aliphatic imine (C=N–C) groups is 1. The molecule has 35 heavy (non-hydrogen) atoms. The predicted molar refractivity (Wildman–Crippen MR) is 134 cm³/mol. The van der Waals surface area contributed by atoms with Gasteiger partial charge in [0.15, 0.2) is 5.17 Å². The number of halogens is 1. The lowest BCUT2D eigenvalue weighted by molar-refractivity contribution is -0.122. The number of carbonyl (C=O) groups is 1. The maximum Gasteiger partial charge on any atom is 0.267 e. The topological polar surface area (TPSA) is 67.5 Å². The first-order valence-electron chi connectivity index (χ1n) is 11.2. The standard InChI is InChI=1S/C26H24FN3O4S/c1-32-20-7-5-19(6-8-20)28-26-30(17-21-3-2-12-34-21)25(31)24(35-26)16-18-4-9-23(22(27)15-18)29-10-13-33-14-11-29/h2-9,12,15-16H,10-11,13-14,17H2,1H3/b24-16-,28-26?. The van der Waals surface area contributed by atoms with Gasteiger partial charge in [0.05, 0.1) is 49.4 Å². The van der Waals surface area contributed by atoms with Gasteiger partial charge in [-0.25, -0.2) is 9.38 Å². The van der Waals surface area contributed by atoms with E-state index in [1.807, 2.05) is 41.3 Å². The van der Waals surface area contributed by atoms with Crippen LogP contribution in [0.15, 0.2) is 75.2 Å². The van der Waals surface area contributed by atoms with E-state index in [1.54, 1.807) is 36.5 Å². The highest BCUT2D eigenvalue weighted by Crippen LogP contribution is 2.36. The molecule has 2 aliphatic rings. The van der Waals surface area contributed by atoms with Gasteiger partial charge in [-0.15, -0.1) is 0 Å². The molecule has 180 valence electrons. The number of nitrogens with zero attached hydrogens (tertiary/aromatic N) is 3. The molecule has 0 unspecified atom stereocenters. The summed E-state index contributed by atoms with van der Waals surface area (Å²) < 4.78 is 30.9. The van der Waals surface area contributed by atoms with E-state index in [1.165, 1.54) is 17.8 Å². The van der Waals surface area contributed by atoms with Crippen molar-refractivity contribution in [1.29, 1.82) is 0 Å². The second-order valence-electron chi connectivity index (χ2n) is 7.98. The Labute approximate surface area is 206 Å². The highest BCUT2D eigenvalue weighted by molar-refractivity contribution is 8.18. The third-order valence-electron chi connectivity index (χ3n) is 5.70. The van der Waals surface area contributed by atoms with Crippen LogP contribution < -0.4 is 9.64 Å². The Morgan fingerprint density at radius 2 is 1.94 bits per heavy atom. The number of rotatable bonds is 6. The monoisotopic (exact) mass is 493 g/mol. The lowest BCUT2D eigenvalue weighted by Crippen LogP contribution is -2.36. The van der Waals surface area contributed by atoms with Crippen LogP contribution in [0.1, 0.15) is 11.3 Å². The Kier molecular flexibility index (Phi) is 6.87. The van der Waals surface area contributed by atoms with E-state index in [4.69, 9.17) is 13.9 Å². The van der Waals surface area contributed by atoms with E-state index in [0.717, 1.165) is 5.75 Å². The second kappa shape index (κ2) is 10.4. The molecule has 0 aliphatic carbocycles. The minimum absolute atomic E-state index is 0.212. The number of carbonyl (C=O) groups excluding carboxylic acids is 1. The van der Waals surface area contributed by atoms with Crippen molar-refractivity contribution in [2.24, 2.45) is 4.99 Å². The summed E-state index contributed by atoms with van der Waals surface area (Å²) in [5.41, 5.74) is 1.84. The van der Waals surface area contributed by atoms with Crippen LogP contribution >= 0.6 is 11.8 Å². The molecule has 3 heterocycles. The minimum atomic E-state index is -0.323. The summed E-state index contributed by atoms with van der Waals surface area (Å²) in [7, 11) is 1.60. The highest BCUT2D eigenvalue weighted by Gasteiger charge is 2.34. The molecule has 9 heteroatoms. The van der Waals surface area contributed by atoms with Gasteiger partial charge in [-0.2, -0.15) is 0 Å². The Morgan fingerprint density at radius 3 is 2.63 bits per heavy atom. The number of thioether (sulfide) groups is 1. The molecule has 2 aliphatic heterocycles. The molecule has 0 bridgehead atoms. The Bertz CT molecular complexity index is 1250. The van der Waals surface area contributed by atoms with Gasteiger partial charge in [0.2, 0.25) is 0 Å². The molecular formula is C26H24FN3O4S. The van der Waals surface area contributed by atoms with Gasteiger partial charge in [-0.1, -0.05) is 6.07 Å². The fourth-order valence-corrected chi connectivity index (χ4v) is 4.88. The van der Waals surface area contributed by atoms with E-state index >= 15 is 0 Å². The third kappa shape index (κ3) is 5.26. The SMILES string of the molecule is COc1ccc(N=C2S/C(=C\c3ccc(N4CCOCC4)c(F)c3)C(=O)N2Cc2ccco2)cc1. The Morgan fingerprint density at radius 1 is 1.14 bits per heavy atom. The summed E-state index contributed by atoms with van der Waals surface area (Å²) in [4.78, 5) is 22.0. The first-order valence-corrected chi connectivity index (χ1v) is 12.0. The van der Waals surface area contributed by atoms with Gasteiger partial charge in [0, 0.05) is 13.1 Å². The van der Waals surface area contributed by atoms with Crippen LogP contribution in [-0.2, 0) is 16.1 Å². The Hall–Kier alpha value is -3.56. The molecule has 5 rings (SSSR count). The van der Waals surface area contributed by atoms with Crippen molar-refractivity contribution in [3.05, 3.63) is 82.9 Å². The fourth-order valence-electron chi connectivity index (χ4n) is 3.88. The summed E-state index contributed by atoms with van der Waals surface area (Å²) in [6.07, 6.45) is 3.27. The molecule has 3 aromatic rings. The van der Waals surface area contributed by atoms with Gasteiger partial charge in [-0.3, -0.25) is 9.69 Å². The predicted octanol–water partition coefficient (Wildman–Crippen LogP) is 5.07. The van der Waals surface area contributed by atoms with E-state index < -0.39 is 0 Å². The first kappa shape index (κ1) is 23.2. The van der Waals surface area contributed by atoms with Gasteiger partial charge >= 0.3 is 0 Å². The van der Waals surface area contributed by atoms with Crippen molar-refractivity contribution >= 4 is 40.3 Å². The smallest absolute Gasteiger partial charge is 0.267 e. The average Bonchev–Trinajstić information content (AvgIpc) is 3.49. The number of methoxy groups -OCH3 is 1. The zero-order valence-electron chi connectivity index (χ0n) is 19.1. The average molecular weight is 494 g/mol. The maximum absolute atomic E-state index is 14.9. The van der Waals surface area contributed by atoms with Gasteiger partial charge < -0.3 is 18.8 Å². The molecule has 2 saturated heterocycles. The molecule has 7 nitrogen and oxygen atoms in total. The molecular weight excluding hydrogens is 469 g/mol. The maximum atomic E-state index is 14.9. The molecule has 0 saturated carbocycles. The molecule has 2 aromatic carbocycles. The van der Waals surface area contributed by atoms with Gasteiger partial charge in [0.1, 0.15) is 17.3 Å². The van der Waals surface area contributed by atoms with Crippen LogP contribution in [-0.4, -0.2) is 49.4 Å². The number of ether oxygens (including phenoxy) is 2. The van der Waals surface area contributed by atoms with Gasteiger partial charge in [0.25, 0.3) is 5.91 Å². The lowest BCUT2D eigenvalue weighted by Gasteiger charge is -2.29. The number of amides is 1. The molecule has 1 amide bonds. The zero-order valence-corrected chi connectivity index (χ0v) is 20.0. The van der Waals surface area contributed by atoms with E-state index in [0.29, 0.717) is 59.1 Å². The summed E-state index contributed by atoms with van der Waals surface area (Å²) >= 11 is 1.25. The van der Waals surface area contributed by atoms with Crippen molar-refractivity contribution in [3.63, 3.8) is 0 Å². The van der Waals surface area contributed by atoms with Gasteiger partial charge in [-0.05, 0) is 71.9 Å². The van der Waals surface area contributed by atoms with Crippen LogP contribution in [0.5, 0.6) is 5.75 Å². The number of amidine groups is 1. The van der Waals surface area contributed by atoms with Crippen LogP contribution in [0.3, 0.4) is 0 Å². The fraction of sp³-hybridized carbons (Fsp3) is 0.231. The number of anilines is 1. The van der Waals surface area contributed by atoms with Crippen LogP contribution in [0.2, 0.25) is 0 Å². The number of hydrogen-bond acceptors (Lipinski definition) is 7. The number of benzene rings is 2. The first-order chi connectivity index (χ1) is 17.1.